The van der Waals surface area contributed by atoms with Crippen molar-refractivity contribution in [3.63, 3.8) is 0 Å². The van der Waals surface area contributed by atoms with E-state index in [0.29, 0.717) is 24.9 Å². The van der Waals surface area contributed by atoms with Crippen molar-refractivity contribution in [1.29, 1.82) is 0 Å². The summed E-state index contributed by atoms with van der Waals surface area (Å²) in [5, 5.41) is 0. The number of carbonyl (C=O) groups is 1. The predicted molar refractivity (Wildman–Crippen MR) is 61.5 cm³/mol. The minimum Gasteiger partial charge on any atom is -0.340 e. The summed E-state index contributed by atoms with van der Waals surface area (Å²) < 4.78 is 0. The lowest BCUT2D eigenvalue weighted by Crippen LogP contribution is -2.52. The molecule has 0 aromatic carbocycles. The normalized spacial score (nSPS) is 25.3. The average Bonchev–Trinajstić information content (AvgIpc) is 2.21. The third kappa shape index (κ3) is 3.47. The molecule has 1 fully saturated rings. The van der Waals surface area contributed by atoms with Gasteiger partial charge in [0.2, 0.25) is 5.91 Å². The molecule has 2 unspecified atom stereocenters. The van der Waals surface area contributed by atoms with Crippen molar-refractivity contribution in [2.24, 2.45) is 11.7 Å². The maximum Gasteiger partial charge on any atom is 0.222 e. The minimum atomic E-state index is 0.257. The van der Waals surface area contributed by atoms with Crippen LogP contribution < -0.4 is 5.73 Å². The van der Waals surface area contributed by atoms with E-state index in [9.17, 15) is 4.79 Å². The Bertz CT molecular complexity index is 220. The Kier molecular flexibility index (Phi) is 4.54. The van der Waals surface area contributed by atoms with E-state index in [2.05, 4.69) is 18.9 Å². The second kappa shape index (κ2) is 5.47. The molecule has 1 heterocycles. The van der Waals surface area contributed by atoms with Crippen LogP contribution in [0.5, 0.6) is 0 Å². The lowest BCUT2D eigenvalue weighted by atomic mass is 10.1. The summed E-state index contributed by atoms with van der Waals surface area (Å²) in [7, 11) is 2.11. The first kappa shape index (κ1) is 12.5. The zero-order chi connectivity index (χ0) is 11.4. The Morgan fingerprint density at radius 2 is 2.20 bits per heavy atom. The predicted octanol–water partition coefficient (Wildman–Crippen LogP) is 0.134. The van der Waals surface area contributed by atoms with Crippen molar-refractivity contribution in [3.05, 3.63) is 0 Å². The van der Waals surface area contributed by atoms with Gasteiger partial charge in [0, 0.05) is 32.1 Å². The number of rotatable bonds is 3. The number of hydrogen-bond acceptors (Lipinski definition) is 3. The zero-order valence-corrected chi connectivity index (χ0v) is 10.1. The lowest BCUT2D eigenvalue weighted by molar-refractivity contribution is -0.134. The van der Waals surface area contributed by atoms with Crippen LogP contribution in [0.1, 0.15) is 20.3 Å². The number of carbonyl (C=O) groups excluding carboxylic acids is 1. The van der Waals surface area contributed by atoms with E-state index in [4.69, 9.17) is 5.73 Å². The number of nitrogens with two attached hydrogens (primary N) is 1. The van der Waals surface area contributed by atoms with Crippen molar-refractivity contribution < 1.29 is 4.79 Å². The molecule has 0 radical (unpaired) electrons. The van der Waals surface area contributed by atoms with Gasteiger partial charge in [0.1, 0.15) is 0 Å². The number of nitrogens with zero attached hydrogens (tertiary/aromatic N) is 2. The summed E-state index contributed by atoms with van der Waals surface area (Å²) in [5.41, 5.74) is 5.52. The molecule has 4 heteroatoms. The zero-order valence-electron chi connectivity index (χ0n) is 10.1. The Hall–Kier alpha value is -0.610. The fourth-order valence-electron chi connectivity index (χ4n) is 1.79. The molecule has 4 nitrogen and oxygen atoms in total. The molecule has 0 spiro atoms. The molecular weight excluding hydrogens is 190 g/mol. The van der Waals surface area contributed by atoms with Gasteiger partial charge >= 0.3 is 0 Å². The summed E-state index contributed by atoms with van der Waals surface area (Å²) in [6, 6.07) is 0.468. The number of likely N-dealkylation sites (N-methyl/N-ethyl adjacent to an activating group) is 1. The molecule has 1 saturated heterocycles. The second-order valence-electron chi connectivity index (χ2n) is 4.71. The van der Waals surface area contributed by atoms with Crippen LogP contribution in [0.15, 0.2) is 0 Å². The smallest absolute Gasteiger partial charge is 0.222 e. The summed E-state index contributed by atoms with van der Waals surface area (Å²) in [6.07, 6.45) is 0.590. The molecule has 1 aliphatic rings. The van der Waals surface area contributed by atoms with Crippen LogP contribution in [-0.4, -0.2) is 55.0 Å². The Morgan fingerprint density at radius 3 is 2.73 bits per heavy atom. The van der Waals surface area contributed by atoms with Gasteiger partial charge in [0.05, 0.1) is 0 Å². The quantitative estimate of drug-likeness (QED) is 0.725. The summed E-state index contributed by atoms with van der Waals surface area (Å²) >= 11 is 0. The first-order valence-electron chi connectivity index (χ1n) is 5.72. The molecule has 15 heavy (non-hydrogen) atoms. The minimum absolute atomic E-state index is 0.257. The van der Waals surface area contributed by atoms with Gasteiger partial charge in [-0.1, -0.05) is 6.92 Å². The van der Waals surface area contributed by atoms with E-state index in [1.165, 1.54) is 0 Å². The lowest BCUT2D eigenvalue weighted by Gasteiger charge is -2.38. The van der Waals surface area contributed by atoms with Crippen LogP contribution in [0.3, 0.4) is 0 Å². The van der Waals surface area contributed by atoms with Crippen molar-refractivity contribution in [3.8, 4) is 0 Å². The number of amides is 1. The average molecular weight is 213 g/mol. The van der Waals surface area contributed by atoms with Gasteiger partial charge in [-0.15, -0.1) is 0 Å². The Morgan fingerprint density at radius 1 is 1.53 bits per heavy atom. The molecule has 0 bridgehead atoms. The van der Waals surface area contributed by atoms with E-state index in [1.807, 2.05) is 11.8 Å². The van der Waals surface area contributed by atoms with E-state index >= 15 is 0 Å². The third-order valence-electron chi connectivity index (χ3n) is 3.24. The fourth-order valence-corrected chi connectivity index (χ4v) is 1.79. The monoisotopic (exact) mass is 213 g/mol. The van der Waals surface area contributed by atoms with E-state index in [1.54, 1.807) is 0 Å². The Balaban J connectivity index is 2.40. The SMILES string of the molecule is CC(CN)CC(=O)N1CCN(C)C(C)C1. The van der Waals surface area contributed by atoms with Crippen LogP contribution in [0.2, 0.25) is 0 Å². The van der Waals surface area contributed by atoms with Crippen LogP contribution in [0.25, 0.3) is 0 Å². The summed E-state index contributed by atoms with van der Waals surface area (Å²) in [6.45, 7) is 7.46. The number of hydrogen-bond donors (Lipinski definition) is 1. The van der Waals surface area contributed by atoms with E-state index in [-0.39, 0.29) is 5.91 Å². The molecule has 1 aliphatic heterocycles. The van der Waals surface area contributed by atoms with E-state index < -0.39 is 0 Å². The highest BCUT2D eigenvalue weighted by Gasteiger charge is 2.24. The molecule has 1 amide bonds. The standard InChI is InChI=1S/C11H23N3O/c1-9(7-12)6-11(15)14-5-4-13(3)10(2)8-14/h9-10H,4-8,12H2,1-3H3. The summed E-state index contributed by atoms with van der Waals surface area (Å²) in [4.78, 5) is 16.1. The third-order valence-corrected chi connectivity index (χ3v) is 3.24. The Labute approximate surface area is 92.4 Å². The molecule has 0 aliphatic carbocycles. The van der Waals surface area contributed by atoms with Crippen molar-refractivity contribution in [1.82, 2.24) is 9.80 Å². The fraction of sp³-hybridized carbons (Fsp3) is 0.909. The van der Waals surface area contributed by atoms with Gasteiger partial charge in [-0.05, 0) is 26.4 Å². The topological polar surface area (TPSA) is 49.6 Å². The van der Waals surface area contributed by atoms with Crippen LogP contribution in [0.4, 0.5) is 0 Å². The number of piperazine rings is 1. The van der Waals surface area contributed by atoms with Crippen molar-refractivity contribution in [2.45, 2.75) is 26.3 Å². The van der Waals surface area contributed by atoms with Gasteiger partial charge < -0.3 is 15.5 Å². The van der Waals surface area contributed by atoms with Gasteiger partial charge in [-0.25, -0.2) is 0 Å². The first-order valence-corrected chi connectivity index (χ1v) is 5.72. The van der Waals surface area contributed by atoms with Gasteiger partial charge in [0.25, 0.3) is 0 Å². The van der Waals surface area contributed by atoms with Crippen LogP contribution in [-0.2, 0) is 4.79 Å². The molecular formula is C11H23N3O. The van der Waals surface area contributed by atoms with Gasteiger partial charge in [-0.3, -0.25) is 4.79 Å². The summed E-state index contributed by atoms with van der Waals surface area (Å²) in [5.74, 6) is 0.556. The molecule has 0 saturated carbocycles. The van der Waals surface area contributed by atoms with Crippen molar-refractivity contribution >= 4 is 5.91 Å². The van der Waals surface area contributed by atoms with Gasteiger partial charge in [0.15, 0.2) is 0 Å². The van der Waals surface area contributed by atoms with Crippen LogP contribution >= 0.6 is 0 Å². The highest BCUT2D eigenvalue weighted by molar-refractivity contribution is 5.76. The first-order chi connectivity index (χ1) is 7.04. The highest BCUT2D eigenvalue weighted by atomic mass is 16.2. The second-order valence-corrected chi connectivity index (χ2v) is 4.71. The van der Waals surface area contributed by atoms with Crippen molar-refractivity contribution in [2.75, 3.05) is 33.2 Å². The molecule has 2 atom stereocenters. The molecule has 1 rings (SSSR count). The molecule has 88 valence electrons. The largest absolute Gasteiger partial charge is 0.340 e. The van der Waals surface area contributed by atoms with Gasteiger partial charge in [-0.2, -0.15) is 0 Å². The maximum absolute atomic E-state index is 11.9. The highest BCUT2D eigenvalue weighted by Crippen LogP contribution is 2.10. The molecule has 0 aromatic rings. The molecule has 0 aromatic heterocycles. The molecule has 2 N–H and O–H groups in total. The maximum atomic E-state index is 11.9. The van der Waals surface area contributed by atoms with Crippen LogP contribution in [0, 0.1) is 5.92 Å². The van der Waals surface area contributed by atoms with E-state index in [0.717, 1.165) is 19.6 Å².